The molecule has 0 amide bonds. The van der Waals surface area contributed by atoms with Crippen molar-refractivity contribution in [3.05, 3.63) is 83.4 Å². The van der Waals surface area contributed by atoms with Crippen LogP contribution in [0.4, 0.5) is 0 Å². The zero-order chi connectivity index (χ0) is 16.9. The van der Waals surface area contributed by atoms with Gasteiger partial charge in [0.25, 0.3) is 6.26 Å². The van der Waals surface area contributed by atoms with Gasteiger partial charge in [0, 0.05) is 0 Å². The zero-order valence-electron chi connectivity index (χ0n) is 12.9. The molecule has 3 heteroatoms. The van der Waals surface area contributed by atoms with Crippen molar-refractivity contribution >= 4 is 0 Å². The molecule has 0 unspecified atom stereocenters. The Labute approximate surface area is 140 Å². The quantitative estimate of drug-likeness (QED) is 0.521. The highest BCUT2D eigenvalue weighted by Crippen LogP contribution is 2.41. The first kappa shape index (κ1) is 15.3. The summed E-state index contributed by atoms with van der Waals surface area (Å²) in [7, 11) is 0. The van der Waals surface area contributed by atoms with Gasteiger partial charge in [0.05, 0.1) is 11.6 Å². The largest absolute Gasteiger partial charge is 0.443 e. The molecule has 0 atom stereocenters. The van der Waals surface area contributed by atoms with E-state index < -0.39 is 0 Å². The predicted molar refractivity (Wildman–Crippen MR) is 92.4 cm³/mol. The summed E-state index contributed by atoms with van der Waals surface area (Å²) in [6, 6.07) is 25.1. The molecule has 1 N–H and O–H groups in total. The van der Waals surface area contributed by atoms with Crippen molar-refractivity contribution in [1.82, 2.24) is 0 Å². The summed E-state index contributed by atoms with van der Waals surface area (Å²) in [6.07, 6.45) is 1.74. The maximum Gasteiger partial charge on any atom is 0.283 e. The van der Waals surface area contributed by atoms with Crippen LogP contribution in [-0.2, 0) is 6.42 Å². The fourth-order valence-electron chi connectivity index (χ4n) is 3.15. The number of nitriles is 2. The third-order valence-corrected chi connectivity index (χ3v) is 4.18. The van der Waals surface area contributed by atoms with Crippen LogP contribution in [0.25, 0.3) is 22.3 Å². The molecule has 3 aromatic carbocycles. The number of hydrogen-bond donors (Lipinski definition) is 1. The highest BCUT2D eigenvalue weighted by Gasteiger charge is 2.20. The van der Waals surface area contributed by atoms with Gasteiger partial charge in [0.2, 0.25) is 0 Å². The Balaban J connectivity index is 0.000000526. The molecule has 0 bridgehead atoms. The number of aliphatic hydroxyl groups is 1. The van der Waals surface area contributed by atoms with E-state index in [0.29, 0.717) is 5.56 Å². The van der Waals surface area contributed by atoms with Crippen LogP contribution < -0.4 is 0 Å². The fraction of sp³-hybridized carbons (Fsp3) is 0.0476. The van der Waals surface area contributed by atoms with Gasteiger partial charge < -0.3 is 5.11 Å². The second-order valence-electron chi connectivity index (χ2n) is 5.45. The first-order valence-corrected chi connectivity index (χ1v) is 7.52. The van der Waals surface area contributed by atoms with E-state index in [4.69, 9.17) is 15.6 Å². The van der Waals surface area contributed by atoms with Crippen LogP contribution in [0.15, 0.2) is 66.7 Å². The fourth-order valence-corrected chi connectivity index (χ4v) is 3.15. The molecule has 0 radical (unpaired) electrons. The summed E-state index contributed by atoms with van der Waals surface area (Å²) in [5, 5.41) is 22.7. The average molecular weight is 310 g/mol. The predicted octanol–water partition coefficient (Wildman–Crippen LogP) is 4.64. The van der Waals surface area contributed by atoms with Gasteiger partial charge in [-0.1, -0.05) is 54.6 Å². The number of benzene rings is 3. The summed E-state index contributed by atoms with van der Waals surface area (Å²) in [5.74, 6) is 0. The summed E-state index contributed by atoms with van der Waals surface area (Å²) in [4.78, 5) is 0. The molecular formula is C21H14N2O. The molecule has 3 aromatic rings. The molecule has 0 heterocycles. The standard InChI is InChI=1S/C20H13N.CHNO/c21-13-14-8-10-15(11-9-14)17-6-3-7-19-18-5-2-1-4-16(18)12-20(17)19;2-1-3/h1-11H,12H2;3H. The number of hydrogen-bond acceptors (Lipinski definition) is 3. The minimum Gasteiger partial charge on any atom is -0.443 e. The highest BCUT2D eigenvalue weighted by molar-refractivity contribution is 5.84. The highest BCUT2D eigenvalue weighted by atomic mass is 16.2. The average Bonchev–Trinajstić information content (AvgIpc) is 3.01. The second-order valence-corrected chi connectivity index (χ2v) is 5.45. The molecule has 0 spiro atoms. The number of nitrogens with zero attached hydrogens (tertiary/aromatic N) is 2. The summed E-state index contributed by atoms with van der Waals surface area (Å²) >= 11 is 0. The van der Waals surface area contributed by atoms with Crippen molar-refractivity contribution in [2.75, 3.05) is 0 Å². The molecule has 0 saturated carbocycles. The van der Waals surface area contributed by atoms with Crippen LogP contribution in [0.5, 0.6) is 0 Å². The Kier molecular flexibility index (Phi) is 4.27. The zero-order valence-corrected chi connectivity index (χ0v) is 12.9. The Bertz CT molecular complexity index is 960. The van der Waals surface area contributed by atoms with Crippen LogP contribution in [0.3, 0.4) is 0 Å². The lowest BCUT2D eigenvalue weighted by molar-refractivity contribution is 0.503. The van der Waals surface area contributed by atoms with Crippen molar-refractivity contribution in [2.45, 2.75) is 6.42 Å². The van der Waals surface area contributed by atoms with Gasteiger partial charge >= 0.3 is 0 Å². The minimum atomic E-state index is 0.703. The van der Waals surface area contributed by atoms with Crippen LogP contribution in [-0.4, -0.2) is 5.11 Å². The number of rotatable bonds is 1. The number of fused-ring (bicyclic) bond motifs is 3. The monoisotopic (exact) mass is 310 g/mol. The van der Waals surface area contributed by atoms with Gasteiger partial charge in [-0.25, -0.2) is 0 Å². The van der Waals surface area contributed by atoms with Gasteiger partial charge in [0.1, 0.15) is 0 Å². The van der Waals surface area contributed by atoms with Gasteiger partial charge in [-0.2, -0.15) is 10.5 Å². The minimum absolute atomic E-state index is 0.703. The van der Waals surface area contributed by atoms with Gasteiger partial charge in [0.15, 0.2) is 0 Å². The van der Waals surface area contributed by atoms with Gasteiger partial charge in [-0.3, -0.25) is 0 Å². The Morgan fingerprint density at radius 3 is 2.08 bits per heavy atom. The summed E-state index contributed by atoms with van der Waals surface area (Å²) in [6.45, 7) is 0. The molecule has 1 aliphatic rings. The molecule has 0 fully saturated rings. The second kappa shape index (κ2) is 6.69. The number of aliphatic hydroxyl groups excluding tert-OH is 1. The lowest BCUT2D eigenvalue weighted by Gasteiger charge is -2.09. The van der Waals surface area contributed by atoms with Crippen molar-refractivity contribution in [2.24, 2.45) is 0 Å². The van der Waals surface area contributed by atoms with E-state index in [1.165, 1.54) is 33.4 Å². The van der Waals surface area contributed by atoms with E-state index in [0.717, 1.165) is 12.7 Å². The van der Waals surface area contributed by atoms with E-state index in [9.17, 15) is 0 Å². The van der Waals surface area contributed by atoms with Gasteiger partial charge in [-0.15, -0.1) is 0 Å². The molecule has 0 aromatic heterocycles. The van der Waals surface area contributed by atoms with Crippen molar-refractivity contribution in [3.8, 4) is 34.6 Å². The maximum absolute atomic E-state index is 8.92. The van der Waals surface area contributed by atoms with E-state index >= 15 is 0 Å². The lowest BCUT2D eigenvalue weighted by atomic mass is 9.95. The molecule has 4 rings (SSSR count). The Hall–Kier alpha value is -3.56. The maximum atomic E-state index is 8.92. The lowest BCUT2D eigenvalue weighted by Crippen LogP contribution is -1.88. The third-order valence-electron chi connectivity index (χ3n) is 4.18. The third kappa shape index (κ3) is 2.72. The van der Waals surface area contributed by atoms with Crippen LogP contribution >= 0.6 is 0 Å². The first-order chi connectivity index (χ1) is 11.8. The van der Waals surface area contributed by atoms with E-state index in [1.54, 1.807) is 0 Å². The molecular weight excluding hydrogens is 296 g/mol. The molecule has 0 saturated heterocycles. The summed E-state index contributed by atoms with van der Waals surface area (Å²) in [5.41, 5.74) is 8.63. The van der Waals surface area contributed by atoms with Crippen LogP contribution in [0, 0.1) is 22.8 Å². The summed E-state index contributed by atoms with van der Waals surface area (Å²) < 4.78 is 0. The van der Waals surface area contributed by atoms with Crippen molar-refractivity contribution in [1.29, 1.82) is 10.5 Å². The van der Waals surface area contributed by atoms with Crippen LogP contribution in [0.2, 0.25) is 0 Å². The Morgan fingerprint density at radius 1 is 0.750 bits per heavy atom. The van der Waals surface area contributed by atoms with E-state index in [-0.39, 0.29) is 0 Å². The van der Waals surface area contributed by atoms with Crippen molar-refractivity contribution in [3.63, 3.8) is 0 Å². The molecule has 24 heavy (non-hydrogen) atoms. The van der Waals surface area contributed by atoms with Gasteiger partial charge in [-0.05, 0) is 51.9 Å². The first-order valence-electron chi connectivity index (χ1n) is 7.52. The smallest absolute Gasteiger partial charge is 0.283 e. The van der Waals surface area contributed by atoms with Crippen LogP contribution in [0.1, 0.15) is 16.7 Å². The normalized spacial score (nSPS) is 10.4. The Morgan fingerprint density at radius 2 is 1.38 bits per heavy atom. The SMILES string of the molecule is N#CO.N#Cc1ccc(-c2cccc3c2Cc2ccccc2-3)cc1. The molecule has 0 aliphatic heterocycles. The molecule has 114 valence electrons. The van der Waals surface area contributed by atoms with Crippen molar-refractivity contribution < 1.29 is 5.11 Å². The molecule has 1 aliphatic carbocycles. The van der Waals surface area contributed by atoms with E-state index in [2.05, 4.69) is 48.5 Å². The molecule has 3 nitrogen and oxygen atoms in total. The topological polar surface area (TPSA) is 67.8 Å². The van der Waals surface area contributed by atoms with E-state index in [1.807, 2.05) is 24.3 Å².